The molecule has 3 aromatic carbocycles. The first-order valence-electron chi connectivity index (χ1n) is 12.4. The number of aliphatic hydroxyl groups excluding tert-OH is 1. The number of carbonyl (C=O) groups excluding carboxylic acids is 2. The molecule has 7 nitrogen and oxygen atoms in total. The molecule has 1 atom stereocenters. The summed E-state index contributed by atoms with van der Waals surface area (Å²) in [5.41, 5.74) is 3.66. The van der Waals surface area contributed by atoms with E-state index >= 15 is 0 Å². The maximum atomic E-state index is 13.6. The van der Waals surface area contributed by atoms with Crippen molar-refractivity contribution in [3.63, 3.8) is 0 Å². The predicted molar refractivity (Wildman–Crippen MR) is 149 cm³/mol. The number of amides is 1. The summed E-state index contributed by atoms with van der Waals surface area (Å²) in [6.45, 7) is 6.39. The molecule has 4 aromatic rings. The number of fused-ring (bicyclic) bond motifs is 1. The maximum absolute atomic E-state index is 13.6. The Morgan fingerprint density at radius 2 is 1.89 bits per heavy atom. The summed E-state index contributed by atoms with van der Waals surface area (Å²) in [4.78, 5) is 33.2. The summed E-state index contributed by atoms with van der Waals surface area (Å²) in [6.07, 6.45) is 0.838. The van der Waals surface area contributed by atoms with Crippen molar-refractivity contribution >= 4 is 44.1 Å². The van der Waals surface area contributed by atoms with Crippen LogP contribution in [-0.4, -0.2) is 35.5 Å². The molecule has 1 saturated heterocycles. The molecule has 194 valence electrons. The Morgan fingerprint density at radius 3 is 2.63 bits per heavy atom. The van der Waals surface area contributed by atoms with Crippen LogP contribution in [0.15, 0.2) is 66.2 Å². The number of nitrogens with zero attached hydrogens (tertiary/aromatic N) is 2. The highest BCUT2D eigenvalue weighted by Crippen LogP contribution is 2.45. The van der Waals surface area contributed by atoms with Crippen LogP contribution < -0.4 is 14.4 Å². The number of ether oxygens (including phenoxy) is 2. The van der Waals surface area contributed by atoms with E-state index < -0.39 is 17.7 Å². The summed E-state index contributed by atoms with van der Waals surface area (Å²) < 4.78 is 12.1. The number of hydrogen-bond acceptors (Lipinski definition) is 7. The Kier molecular flexibility index (Phi) is 6.91. The number of aliphatic hydroxyl groups is 1. The molecule has 1 aliphatic rings. The second-order valence-corrected chi connectivity index (χ2v) is 10.3. The minimum absolute atomic E-state index is 0.00245. The zero-order valence-corrected chi connectivity index (χ0v) is 22.5. The summed E-state index contributed by atoms with van der Waals surface area (Å²) in [7, 11) is 1.57. The van der Waals surface area contributed by atoms with E-state index in [4.69, 9.17) is 14.5 Å². The number of carbonyl (C=O) groups is 2. The third-order valence-electron chi connectivity index (χ3n) is 6.50. The molecule has 1 aromatic heterocycles. The number of anilines is 1. The van der Waals surface area contributed by atoms with E-state index in [2.05, 4.69) is 0 Å². The molecule has 38 heavy (non-hydrogen) atoms. The summed E-state index contributed by atoms with van der Waals surface area (Å²) in [5.74, 6) is -0.480. The molecule has 2 heterocycles. The molecule has 0 spiro atoms. The number of aromatic nitrogens is 1. The van der Waals surface area contributed by atoms with Gasteiger partial charge in [0, 0.05) is 5.56 Å². The Morgan fingerprint density at radius 1 is 1.08 bits per heavy atom. The van der Waals surface area contributed by atoms with Gasteiger partial charge in [0.05, 0.1) is 35.5 Å². The van der Waals surface area contributed by atoms with Gasteiger partial charge in [0.2, 0.25) is 0 Å². The van der Waals surface area contributed by atoms with Gasteiger partial charge in [0.25, 0.3) is 5.78 Å². The molecule has 1 aliphatic heterocycles. The van der Waals surface area contributed by atoms with Gasteiger partial charge in [-0.2, -0.15) is 0 Å². The van der Waals surface area contributed by atoms with E-state index in [1.165, 1.54) is 16.2 Å². The van der Waals surface area contributed by atoms with Crippen molar-refractivity contribution in [2.24, 2.45) is 0 Å². The topological polar surface area (TPSA) is 89.0 Å². The van der Waals surface area contributed by atoms with Crippen molar-refractivity contribution in [1.29, 1.82) is 0 Å². The number of aryl methyl sites for hydroxylation is 2. The number of benzene rings is 3. The fraction of sp³-hybridized carbons (Fsp3) is 0.233. The number of thiazole rings is 1. The highest BCUT2D eigenvalue weighted by atomic mass is 32.1. The van der Waals surface area contributed by atoms with Crippen LogP contribution >= 0.6 is 11.3 Å². The third kappa shape index (κ3) is 4.52. The molecular weight excluding hydrogens is 500 g/mol. The van der Waals surface area contributed by atoms with Gasteiger partial charge in [-0.1, -0.05) is 36.5 Å². The van der Waals surface area contributed by atoms with Crippen molar-refractivity contribution in [3.05, 3.63) is 88.5 Å². The average Bonchev–Trinajstić information content (AvgIpc) is 3.44. The summed E-state index contributed by atoms with van der Waals surface area (Å²) in [5, 5.41) is 11.9. The first-order valence-corrected chi connectivity index (χ1v) is 13.2. The summed E-state index contributed by atoms with van der Waals surface area (Å²) in [6, 6.07) is 17.4. The highest BCUT2D eigenvalue weighted by molar-refractivity contribution is 7.22. The van der Waals surface area contributed by atoms with Crippen LogP contribution in [0.1, 0.15) is 41.6 Å². The van der Waals surface area contributed by atoms with Crippen LogP contribution in [0.3, 0.4) is 0 Å². The minimum Gasteiger partial charge on any atom is -0.507 e. The van der Waals surface area contributed by atoms with E-state index in [0.29, 0.717) is 34.4 Å². The SMILES string of the molecule is CCCOc1cccc([C@H]2/C(=C(\O)c3ccc(OC)c(C)c3)C(=O)C(=O)N2c2nc3ccc(C)cc3s2)c1. The van der Waals surface area contributed by atoms with Gasteiger partial charge in [0.15, 0.2) is 5.13 Å². The lowest BCUT2D eigenvalue weighted by molar-refractivity contribution is -0.132. The van der Waals surface area contributed by atoms with Crippen molar-refractivity contribution in [2.75, 3.05) is 18.6 Å². The van der Waals surface area contributed by atoms with E-state index in [1.807, 2.05) is 63.2 Å². The standard InChI is InChI=1S/C30H28N2O5S/c1-5-13-37-21-8-6-7-19(16-21)26-25(27(33)20-10-12-23(36-4)18(3)15-20)28(34)29(35)32(26)30-31-22-11-9-17(2)14-24(22)38-30/h6-12,14-16,26,33H,5,13H2,1-4H3/b27-25+/t26-/m0/s1. The van der Waals surface area contributed by atoms with E-state index in [1.54, 1.807) is 25.3 Å². The molecule has 0 bridgehead atoms. The second kappa shape index (κ2) is 10.3. The number of methoxy groups -OCH3 is 1. The van der Waals surface area contributed by atoms with E-state index in [0.717, 1.165) is 27.8 Å². The molecule has 0 radical (unpaired) electrons. The molecule has 1 amide bonds. The zero-order chi connectivity index (χ0) is 27.0. The van der Waals surface area contributed by atoms with Crippen molar-refractivity contribution in [2.45, 2.75) is 33.2 Å². The van der Waals surface area contributed by atoms with Gasteiger partial charge in [-0.15, -0.1) is 0 Å². The number of hydrogen-bond donors (Lipinski definition) is 1. The number of rotatable bonds is 7. The fourth-order valence-corrected chi connectivity index (χ4v) is 5.73. The largest absolute Gasteiger partial charge is 0.507 e. The van der Waals surface area contributed by atoms with Crippen molar-refractivity contribution in [1.82, 2.24) is 4.98 Å². The van der Waals surface area contributed by atoms with Crippen LogP contribution in [0, 0.1) is 13.8 Å². The Bertz CT molecular complexity index is 1590. The number of Topliss-reactive ketones (excluding diaryl/α,β-unsaturated/α-hetero) is 1. The molecule has 0 unspecified atom stereocenters. The van der Waals surface area contributed by atoms with E-state index in [9.17, 15) is 14.7 Å². The molecule has 0 aliphatic carbocycles. The molecule has 5 rings (SSSR count). The van der Waals surface area contributed by atoms with Crippen molar-refractivity contribution in [3.8, 4) is 11.5 Å². The lowest BCUT2D eigenvalue weighted by Gasteiger charge is -2.23. The maximum Gasteiger partial charge on any atom is 0.301 e. The van der Waals surface area contributed by atoms with Gasteiger partial charge in [-0.3, -0.25) is 14.5 Å². The lowest BCUT2D eigenvalue weighted by atomic mass is 9.94. The third-order valence-corrected chi connectivity index (χ3v) is 7.52. The molecular formula is C30H28N2O5S. The Balaban J connectivity index is 1.71. The fourth-order valence-electron chi connectivity index (χ4n) is 4.64. The van der Waals surface area contributed by atoms with Gasteiger partial charge < -0.3 is 14.6 Å². The van der Waals surface area contributed by atoms with Crippen molar-refractivity contribution < 1.29 is 24.2 Å². The van der Waals surface area contributed by atoms with Crippen LogP contribution in [0.2, 0.25) is 0 Å². The quantitative estimate of drug-likeness (QED) is 0.171. The monoisotopic (exact) mass is 528 g/mol. The number of ketones is 1. The zero-order valence-electron chi connectivity index (χ0n) is 21.6. The van der Waals surface area contributed by atoms with Gasteiger partial charge >= 0.3 is 5.91 Å². The first kappa shape index (κ1) is 25.5. The van der Waals surface area contributed by atoms with Crippen LogP contribution in [0.4, 0.5) is 5.13 Å². The van der Waals surface area contributed by atoms with Crippen LogP contribution in [0.25, 0.3) is 16.0 Å². The van der Waals surface area contributed by atoms with Gasteiger partial charge in [0.1, 0.15) is 17.3 Å². The van der Waals surface area contributed by atoms with Gasteiger partial charge in [-0.05, 0) is 79.4 Å². The highest BCUT2D eigenvalue weighted by Gasteiger charge is 2.48. The molecule has 8 heteroatoms. The lowest BCUT2D eigenvalue weighted by Crippen LogP contribution is -2.29. The molecule has 1 fully saturated rings. The molecule has 1 N–H and O–H groups in total. The van der Waals surface area contributed by atoms with Crippen LogP contribution in [-0.2, 0) is 9.59 Å². The van der Waals surface area contributed by atoms with E-state index in [-0.39, 0.29) is 11.3 Å². The minimum atomic E-state index is -0.885. The Hall–Kier alpha value is -4.17. The predicted octanol–water partition coefficient (Wildman–Crippen LogP) is 6.34. The smallest absolute Gasteiger partial charge is 0.301 e. The average molecular weight is 529 g/mol. The summed E-state index contributed by atoms with van der Waals surface area (Å²) >= 11 is 1.34. The molecule has 0 saturated carbocycles. The van der Waals surface area contributed by atoms with Crippen LogP contribution in [0.5, 0.6) is 11.5 Å². The normalized spacial score (nSPS) is 16.8. The van der Waals surface area contributed by atoms with Gasteiger partial charge in [-0.25, -0.2) is 4.98 Å². The first-order chi connectivity index (χ1) is 18.3. The Labute approximate surface area is 225 Å². The second-order valence-electron chi connectivity index (χ2n) is 9.24.